The molecule has 1 rings (SSSR count). The maximum Gasteiger partial charge on any atom is 0.165 e. The average molecular weight is 218 g/mol. The van der Waals surface area contributed by atoms with E-state index < -0.39 is 11.2 Å². The normalized spacial score (nSPS) is 10.3. The Labute approximate surface area is 93.7 Å². The predicted molar refractivity (Wildman–Crippen MR) is 56.0 cm³/mol. The number of nitrogens with zero attached hydrogens (tertiary/aromatic N) is 2. The minimum absolute atomic E-state index is 0.152. The molecule has 16 heavy (non-hydrogen) atoms. The van der Waals surface area contributed by atoms with Crippen LogP contribution in [-0.4, -0.2) is 7.11 Å². The van der Waals surface area contributed by atoms with Gasteiger partial charge in [0.2, 0.25) is 0 Å². The molecule has 0 amide bonds. The first-order valence-corrected chi connectivity index (χ1v) is 4.69. The van der Waals surface area contributed by atoms with E-state index in [4.69, 9.17) is 15.3 Å². The lowest BCUT2D eigenvalue weighted by molar-refractivity contribution is 0.386. The van der Waals surface area contributed by atoms with Crippen molar-refractivity contribution in [3.63, 3.8) is 0 Å². The third-order valence-corrected chi connectivity index (χ3v) is 2.27. The van der Waals surface area contributed by atoms with E-state index in [2.05, 4.69) is 0 Å². The van der Waals surface area contributed by atoms with Crippen LogP contribution in [0.2, 0.25) is 0 Å². The van der Waals surface area contributed by atoms with Crippen LogP contribution in [0.4, 0.5) is 4.39 Å². The van der Waals surface area contributed by atoms with Gasteiger partial charge in [-0.2, -0.15) is 10.5 Å². The van der Waals surface area contributed by atoms with Gasteiger partial charge in [-0.25, -0.2) is 4.39 Å². The van der Waals surface area contributed by atoms with Crippen LogP contribution in [0.3, 0.4) is 0 Å². The molecule has 0 spiro atoms. The lowest BCUT2D eigenvalue weighted by Crippen LogP contribution is -2.14. The summed E-state index contributed by atoms with van der Waals surface area (Å²) in [5.74, 6) is -0.336. The van der Waals surface area contributed by atoms with Gasteiger partial charge in [-0.3, -0.25) is 0 Å². The minimum atomic E-state index is -1.12. The molecule has 3 nitrogen and oxygen atoms in total. The summed E-state index contributed by atoms with van der Waals surface area (Å²) in [6.07, 6.45) is 0.195. The quantitative estimate of drug-likeness (QED) is 0.782. The zero-order valence-corrected chi connectivity index (χ0v) is 9.12. The molecule has 0 aliphatic carbocycles. The van der Waals surface area contributed by atoms with Gasteiger partial charge in [0, 0.05) is 6.42 Å². The Hall–Kier alpha value is -2.07. The Morgan fingerprint density at radius 3 is 2.44 bits per heavy atom. The number of rotatable bonds is 3. The molecule has 0 atom stereocenters. The highest BCUT2D eigenvalue weighted by atomic mass is 19.1. The second kappa shape index (κ2) is 4.63. The lowest BCUT2D eigenvalue weighted by atomic mass is 9.87. The molecule has 1 aromatic carbocycles. The Morgan fingerprint density at radius 2 is 2.00 bits per heavy atom. The van der Waals surface area contributed by atoms with Crippen LogP contribution in [0.1, 0.15) is 12.5 Å². The molecule has 0 saturated carbocycles. The number of ether oxygens (including phenoxy) is 1. The molecule has 0 radical (unpaired) electrons. The fourth-order valence-corrected chi connectivity index (χ4v) is 1.33. The molecule has 0 aliphatic rings. The smallest absolute Gasteiger partial charge is 0.165 e. The number of benzene rings is 1. The van der Waals surface area contributed by atoms with Gasteiger partial charge in [-0.1, -0.05) is 6.07 Å². The molecule has 0 fully saturated rings. The fourth-order valence-electron chi connectivity index (χ4n) is 1.33. The maximum absolute atomic E-state index is 13.3. The van der Waals surface area contributed by atoms with Gasteiger partial charge >= 0.3 is 0 Å². The summed E-state index contributed by atoms with van der Waals surface area (Å²) in [5.41, 5.74) is -0.523. The summed E-state index contributed by atoms with van der Waals surface area (Å²) in [5, 5.41) is 17.7. The van der Waals surface area contributed by atoms with E-state index in [0.29, 0.717) is 5.56 Å². The van der Waals surface area contributed by atoms with Crippen LogP contribution < -0.4 is 4.74 Å². The number of hydrogen-bond donors (Lipinski definition) is 0. The topological polar surface area (TPSA) is 56.8 Å². The van der Waals surface area contributed by atoms with E-state index in [-0.39, 0.29) is 12.2 Å². The van der Waals surface area contributed by atoms with E-state index in [1.54, 1.807) is 6.07 Å². The zero-order chi connectivity index (χ0) is 12.2. The van der Waals surface area contributed by atoms with Gasteiger partial charge in [0.1, 0.15) is 5.41 Å². The standard InChI is InChI=1S/C12H11FN2O/c1-12(7-14,8-15)6-9-3-4-11(16-2)10(13)5-9/h3-5H,6H2,1-2H3. The highest BCUT2D eigenvalue weighted by molar-refractivity contribution is 5.31. The molecule has 0 unspecified atom stereocenters. The highest BCUT2D eigenvalue weighted by Gasteiger charge is 2.24. The van der Waals surface area contributed by atoms with Crippen LogP contribution in [0, 0.1) is 33.9 Å². The molecule has 0 heterocycles. The Kier molecular flexibility index (Phi) is 3.48. The van der Waals surface area contributed by atoms with Crippen molar-refractivity contribution in [2.75, 3.05) is 7.11 Å². The van der Waals surface area contributed by atoms with Crippen molar-refractivity contribution in [2.24, 2.45) is 5.41 Å². The maximum atomic E-state index is 13.3. The number of nitriles is 2. The molecular weight excluding hydrogens is 207 g/mol. The van der Waals surface area contributed by atoms with Crippen molar-refractivity contribution in [3.05, 3.63) is 29.6 Å². The van der Waals surface area contributed by atoms with Gasteiger partial charge < -0.3 is 4.74 Å². The van der Waals surface area contributed by atoms with E-state index in [9.17, 15) is 4.39 Å². The first-order chi connectivity index (χ1) is 7.54. The Balaban J connectivity index is 2.97. The van der Waals surface area contributed by atoms with Crippen LogP contribution in [0.15, 0.2) is 18.2 Å². The molecule has 0 saturated heterocycles. The first-order valence-electron chi connectivity index (χ1n) is 4.69. The van der Waals surface area contributed by atoms with Gasteiger partial charge in [-0.05, 0) is 24.6 Å². The summed E-state index contributed by atoms with van der Waals surface area (Å²) in [7, 11) is 1.38. The number of methoxy groups -OCH3 is 1. The summed E-state index contributed by atoms with van der Waals surface area (Å²) in [6, 6.07) is 8.24. The largest absolute Gasteiger partial charge is 0.494 e. The summed E-state index contributed by atoms with van der Waals surface area (Å²) >= 11 is 0. The fraction of sp³-hybridized carbons (Fsp3) is 0.333. The van der Waals surface area contributed by atoms with Crippen molar-refractivity contribution in [1.82, 2.24) is 0 Å². The highest BCUT2D eigenvalue weighted by Crippen LogP contribution is 2.24. The lowest BCUT2D eigenvalue weighted by Gasteiger charge is -2.12. The number of halogens is 1. The molecule has 4 heteroatoms. The van der Waals surface area contributed by atoms with Gasteiger partial charge in [0.15, 0.2) is 11.6 Å². The third-order valence-electron chi connectivity index (χ3n) is 2.27. The summed E-state index contributed by atoms with van der Waals surface area (Å²) in [4.78, 5) is 0. The van der Waals surface area contributed by atoms with E-state index in [1.807, 2.05) is 12.1 Å². The van der Waals surface area contributed by atoms with E-state index in [0.717, 1.165) is 0 Å². The second-order valence-electron chi connectivity index (χ2n) is 3.70. The Bertz CT molecular complexity index is 457. The molecule has 0 N–H and O–H groups in total. The second-order valence-corrected chi connectivity index (χ2v) is 3.70. The van der Waals surface area contributed by atoms with Crippen LogP contribution in [0.5, 0.6) is 5.75 Å². The summed E-state index contributed by atoms with van der Waals surface area (Å²) < 4.78 is 18.1. The number of hydrogen-bond acceptors (Lipinski definition) is 3. The summed E-state index contributed by atoms with van der Waals surface area (Å²) in [6.45, 7) is 1.52. The SMILES string of the molecule is COc1ccc(CC(C)(C#N)C#N)cc1F. The molecular formula is C12H11FN2O. The average Bonchev–Trinajstić information content (AvgIpc) is 2.29. The molecule has 82 valence electrons. The van der Waals surface area contributed by atoms with Gasteiger partial charge in [0.25, 0.3) is 0 Å². The Morgan fingerprint density at radius 1 is 1.38 bits per heavy atom. The van der Waals surface area contributed by atoms with Crippen LogP contribution in [-0.2, 0) is 6.42 Å². The predicted octanol–water partition coefficient (Wildman–Crippen LogP) is 2.43. The van der Waals surface area contributed by atoms with Gasteiger partial charge in [-0.15, -0.1) is 0 Å². The molecule has 1 aromatic rings. The van der Waals surface area contributed by atoms with E-state index >= 15 is 0 Å². The molecule has 0 bridgehead atoms. The molecule has 0 aliphatic heterocycles. The zero-order valence-electron chi connectivity index (χ0n) is 9.12. The van der Waals surface area contributed by atoms with Crippen molar-refractivity contribution in [1.29, 1.82) is 10.5 Å². The van der Waals surface area contributed by atoms with Crippen molar-refractivity contribution >= 4 is 0 Å². The van der Waals surface area contributed by atoms with Crippen molar-refractivity contribution in [3.8, 4) is 17.9 Å². The monoisotopic (exact) mass is 218 g/mol. The molecule has 0 aromatic heterocycles. The van der Waals surface area contributed by atoms with Crippen LogP contribution in [0.25, 0.3) is 0 Å². The third kappa shape index (κ3) is 2.49. The van der Waals surface area contributed by atoms with Gasteiger partial charge in [0.05, 0.1) is 19.2 Å². The first kappa shape index (κ1) is 12.0. The van der Waals surface area contributed by atoms with Crippen LogP contribution >= 0.6 is 0 Å². The van der Waals surface area contributed by atoms with Crippen molar-refractivity contribution < 1.29 is 9.13 Å². The van der Waals surface area contributed by atoms with Crippen molar-refractivity contribution in [2.45, 2.75) is 13.3 Å². The minimum Gasteiger partial charge on any atom is -0.494 e. The van der Waals surface area contributed by atoms with E-state index in [1.165, 1.54) is 26.2 Å².